The number of fused-ring (bicyclic) bond motifs is 1. The molecule has 2 fully saturated rings. The van der Waals surface area contributed by atoms with Crippen molar-refractivity contribution in [1.82, 2.24) is 19.7 Å². The largest absolute Gasteiger partial charge is 0.464 e. The topological polar surface area (TPSA) is 84.1 Å². The highest BCUT2D eigenvalue weighted by atomic mass is 35.5. The molecule has 2 aromatic carbocycles. The van der Waals surface area contributed by atoms with E-state index in [-0.39, 0.29) is 28.5 Å². The van der Waals surface area contributed by atoms with Gasteiger partial charge in [0.05, 0.1) is 11.3 Å². The van der Waals surface area contributed by atoms with E-state index < -0.39 is 11.5 Å². The summed E-state index contributed by atoms with van der Waals surface area (Å²) < 4.78 is 22.0. The number of aromatic nitrogens is 3. The molecule has 1 N–H and O–H groups in total. The molecule has 1 saturated carbocycles. The fourth-order valence-electron chi connectivity index (χ4n) is 4.84. The highest BCUT2D eigenvalue weighted by Crippen LogP contribution is 2.35. The van der Waals surface area contributed by atoms with Gasteiger partial charge in [0.1, 0.15) is 22.9 Å². The average molecular weight is 481 g/mol. The van der Waals surface area contributed by atoms with Crippen molar-refractivity contribution in [2.75, 3.05) is 13.1 Å². The molecule has 3 heterocycles. The lowest BCUT2D eigenvalue weighted by Crippen LogP contribution is -2.30. The molecule has 1 amide bonds. The standard InChI is InChI=1S/C25H22ClFN4O3/c26-19-11-18(16-3-4-21-17(10-16)6-8-34-21)12-20(27)23(19)31-22(28-29-25(31)33)9-14-5-7-30(13-14)24(32)15-1-2-15/h3-4,6,8,10-12,14-15H,1-2,5,7,9,13H2,(H,29,33)/t14-/m0/s1. The molecule has 2 aromatic heterocycles. The van der Waals surface area contributed by atoms with Gasteiger partial charge in [-0.25, -0.2) is 18.9 Å². The van der Waals surface area contributed by atoms with Gasteiger partial charge in [-0.3, -0.25) is 4.79 Å². The zero-order chi connectivity index (χ0) is 23.4. The van der Waals surface area contributed by atoms with Crippen molar-refractivity contribution in [3.8, 4) is 16.8 Å². The molecule has 34 heavy (non-hydrogen) atoms. The van der Waals surface area contributed by atoms with Crippen molar-refractivity contribution in [3.05, 3.63) is 69.8 Å². The Morgan fingerprint density at radius 3 is 2.82 bits per heavy atom. The summed E-state index contributed by atoms with van der Waals surface area (Å²) in [6, 6.07) is 10.4. The first-order valence-corrected chi connectivity index (χ1v) is 11.8. The molecular weight excluding hydrogens is 459 g/mol. The van der Waals surface area contributed by atoms with E-state index in [1.165, 1.54) is 10.6 Å². The summed E-state index contributed by atoms with van der Waals surface area (Å²) >= 11 is 6.53. The minimum Gasteiger partial charge on any atom is -0.464 e. The second kappa shape index (κ2) is 8.13. The van der Waals surface area contributed by atoms with E-state index in [9.17, 15) is 9.59 Å². The monoisotopic (exact) mass is 480 g/mol. The molecule has 0 bridgehead atoms. The van der Waals surface area contributed by atoms with Crippen molar-refractivity contribution in [1.29, 1.82) is 0 Å². The van der Waals surface area contributed by atoms with E-state index in [4.69, 9.17) is 16.0 Å². The van der Waals surface area contributed by atoms with Crippen molar-refractivity contribution >= 4 is 28.5 Å². The Bertz CT molecular complexity index is 1450. The van der Waals surface area contributed by atoms with Crippen LogP contribution in [0, 0.1) is 17.7 Å². The second-order valence-electron chi connectivity index (χ2n) is 9.16. The van der Waals surface area contributed by atoms with Crippen molar-refractivity contribution < 1.29 is 13.6 Å². The van der Waals surface area contributed by atoms with Crippen molar-refractivity contribution in [2.24, 2.45) is 11.8 Å². The predicted molar refractivity (Wildman–Crippen MR) is 125 cm³/mol. The number of H-pyrrole nitrogens is 1. The van der Waals surface area contributed by atoms with Crippen LogP contribution in [-0.2, 0) is 11.2 Å². The minimum atomic E-state index is -0.614. The molecule has 2 aliphatic rings. The van der Waals surface area contributed by atoms with E-state index in [2.05, 4.69) is 10.2 Å². The molecule has 0 spiro atoms. The van der Waals surface area contributed by atoms with Gasteiger partial charge in [0.2, 0.25) is 5.91 Å². The number of nitrogens with one attached hydrogen (secondary N) is 1. The van der Waals surface area contributed by atoms with Crippen LogP contribution in [0.25, 0.3) is 27.8 Å². The molecule has 4 aromatic rings. The van der Waals surface area contributed by atoms with Crippen molar-refractivity contribution in [3.63, 3.8) is 0 Å². The number of hydrogen-bond donors (Lipinski definition) is 1. The number of hydrogen-bond acceptors (Lipinski definition) is 4. The maximum atomic E-state index is 15.4. The normalized spacial score (nSPS) is 18.2. The van der Waals surface area contributed by atoms with Gasteiger partial charge >= 0.3 is 5.69 Å². The van der Waals surface area contributed by atoms with Crippen LogP contribution in [0.4, 0.5) is 4.39 Å². The molecule has 0 radical (unpaired) electrons. The van der Waals surface area contributed by atoms with Crippen LogP contribution in [0.1, 0.15) is 25.1 Å². The quantitative estimate of drug-likeness (QED) is 0.453. The fraction of sp³-hybridized carbons (Fsp3) is 0.320. The summed E-state index contributed by atoms with van der Waals surface area (Å²) in [6.45, 7) is 1.33. The number of halogens is 2. The summed E-state index contributed by atoms with van der Waals surface area (Å²) in [4.78, 5) is 26.9. The molecule has 9 heteroatoms. The van der Waals surface area contributed by atoms with Gasteiger partial charge in [0, 0.05) is 30.8 Å². The lowest BCUT2D eigenvalue weighted by Gasteiger charge is -2.16. The fourth-order valence-corrected chi connectivity index (χ4v) is 5.13. The van der Waals surface area contributed by atoms with E-state index in [0.717, 1.165) is 35.8 Å². The van der Waals surface area contributed by atoms with E-state index >= 15 is 4.39 Å². The molecule has 0 unspecified atom stereocenters. The molecule has 174 valence electrons. The molecule has 1 aliphatic carbocycles. The number of nitrogens with zero attached hydrogens (tertiary/aromatic N) is 3. The maximum Gasteiger partial charge on any atom is 0.348 e. The van der Waals surface area contributed by atoms with Crippen LogP contribution < -0.4 is 5.69 Å². The highest BCUT2D eigenvalue weighted by molar-refractivity contribution is 6.32. The summed E-state index contributed by atoms with van der Waals surface area (Å²) in [7, 11) is 0. The average Bonchev–Trinajstić information content (AvgIpc) is 3.21. The summed E-state index contributed by atoms with van der Waals surface area (Å²) in [5.41, 5.74) is 1.55. The van der Waals surface area contributed by atoms with Crippen molar-refractivity contribution in [2.45, 2.75) is 25.7 Å². The Hall–Kier alpha value is -3.39. The van der Waals surface area contributed by atoms with Gasteiger partial charge in [-0.2, -0.15) is 5.10 Å². The van der Waals surface area contributed by atoms with Crippen LogP contribution in [0.5, 0.6) is 0 Å². The third-order valence-electron chi connectivity index (χ3n) is 6.76. The Morgan fingerprint density at radius 1 is 1.18 bits per heavy atom. The zero-order valence-electron chi connectivity index (χ0n) is 18.3. The predicted octanol–water partition coefficient (Wildman–Crippen LogP) is 4.57. The third-order valence-corrected chi connectivity index (χ3v) is 7.05. The van der Waals surface area contributed by atoms with Gasteiger partial charge in [0.15, 0.2) is 0 Å². The van der Waals surface area contributed by atoms with Crippen LogP contribution in [0.15, 0.2) is 51.9 Å². The van der Waals surface area contributed by atoms with E-state index in [1.807, 2.05) is 29.2 Å². The summed E-state index contributed by atoms with van der Waals surface area (Å²) in [5, 5.41) is 7.60. The maximum absolute atomic E-state index is 15.4. The molecule has 6 rings (SSSR count). The van der Waals surface area contributed by atoms with Crippen LogP contribution in [-0.4, -0.2) is 38.7 Å². The van der Waals surface area contributed by atoms with Crippen LogP contribution in [0.3, 0.4) is 0 Å². The molecule has 1 saturated heterocycles. The number of carbonyl (C=O) groups is 1. The number of amides is 1. The number of rotatable bonds is 5. The number of carbonyl (C=O) groups excluding carboxylic acids is 1. The Kier molecular flexibility index (Phi) is 5.06. The van der Waals surface area contributed by atoms with Crippen LogP contribution in [0.2, 0.25) is 5.02 Å². The lowest BCUT2D eigenvalue weighted by atomic mass is 10.0. The van der Waals surface area contributed by atoms with Gasteiger partial charge in [-0.05, 0) is 66.6 Å². The highest BCUT2D eigenvalue weighted by Gasteiger charge is 2.37. The Balaban J connectivity index is 1.30. The minimum absolute atomic E-state index is 0.0209. The number of benzene rings is 2. The molecular formula is C25H22ClFN4O3. The Morgan fingerprint density at radius 2 is 2.03 bits per heavy atom. The van der Waals surface area contributed by atoms with Crippen LogP contribution >= 0.6 is 11.6 Å². The lowest BCUT2D eigenvalue weighted by molar-refractivity contribution is -0.131. The third kappa shape index (κ3) is 3.72. The number of furan rings is 1. The first kappa shape index (κ1) is 21.2. The smallest absolute Gasteiger partial charge is 0.348 e. The van der Waals surface area contributed by atoms with Gasteiger partial charge in [-0.1, -0.05) is 17.7 Å². The molecule has 1 aliphatic heterocycles. The van der Waals surface area contributed by atoms with Gasteiger partial charge < -0.3 is 9.32 Å². The second-order valence-corrected chi connectivity index (χ2v) is 9.57. The Labute approximate surface area is 199 Å². The summed E-state index contributed by atoms with van der Waals surface area (Å²) in [6.07, 6.45) is 4.82. The molecule has 7 nitrogen and oxygen atoms in total. The van der Waals surface area contributed by atoms with E-state index in [1.54, 1.807) is 12.3 Å². The first-order chi connectivity index (χ1) is 16.5. The number of aromatic amines is 1. The first-order valence-electron chi connectivity index (χ1n) is 11.4. The summed E-state index contributed by atoms with van der Waals surface area (Å²) in [5.74, 6) is 0.350. The van der Waals surface area contributed by atoms with Gasteiger partial charge in [0.25, 0.3) is 0 Å². The zero-order valence-corrected chi connectivity index (χ0v) is 19.0. The molecule has 1 atom stereocenters. The number of likely N-dealkylation sites (tertiary alicyclic amines) is 1. The SMILES string of the molecule is O=C(C1CC1)N1CC[C@@H](Cc2n[nH]c(=O)n2-c2c(F)cc(-c3ccc4occc4c3)cc2Cl)C1. The van der Waals surface area contributed by atoms with E-state index in [0.29, 0.717) is 30.9 Å². The van der Waals surface area contributed by atoms with Gasteiger partial charge in [-0.15, -0.1) is 0 Å².